The molecule has 0 bridgehead atoms. The zero-order valence-electron chi connectivity index (χ0n) is 7.65. The number of amides is 2. The molecule has 0 aliphatic heterocycles. The number of urea groups is 1. The standard InChI is InChI=1S/C8H11N3O3/c1-11(5-7(12)13)8(14)10-6-3-2-4-9-6/h2-4,9H,5H2,1H3,(H,10,14)(H,12,13). The van der Waals surface area contributed by atoms with Crippen molar-refractivity contribution in [2.24, 2.45) is 0 Å². The van der Waals surface area contributed by atoms with Crippen molar-refractivity contribution in [2.45, 2.75) is 0 Å². The number of rotatable bonds is 3. The van der Waals surface area contributed by atoms with Crippen molar-refractivity contribution < 1.29 is 14.7 Å². The van der Waals surface area contributed by atoms with E-state index in [9.17, 15) is 9.59 Å². The van der Waals surface area contributed by atoms with E-state index in [0.717, 1.165) is 4.90 Å². The molecule has 0 atom stereocenters. The highest BCUT2D eigenvalue weighted by atomic mass is 16.4. The quantitative estimate of drug-likeness (QED) is 0.661. The second kappa shape index (κ2) is 4.31. The normalized spacial score (nSPS) is 9.50. The summed E-state index contributed by atoms with van der Waals surface area (Å²) in [6, 6.07) is 2.94. The van der Waals surface area contributed by atoms with Crippen molar-refractivity contribution in [1.29, 1.82) is 0 Å². The summed E-state index contributed by atoms with van der Waals surface area (Å²) >= 11 is 0. The Labute approximate surface area is 80.5 Å². The Morgan fingerprint density at radius 2 is 2.36 bits per heavy atom. The van der Waals surface area contributed by atoms with E-state index in [1.807, 2.05) is 0 Å². The Morgan fingerprint density at radius 3 is 2.86 bits per heavy atom. The fraction of sp³-hybridized carbons (Fsp3) is 0.250. The number of likely N-dealkylation sites (N-methyl/N-ethyl adjacent to an activating group) is 1. The minimum absolute atomic E-state index is 0.327. The summed E-state index contributed by atoms with van der Waals surface area (Å²) in [6.07, 6.45) is 1.66. The third-order valence-electron chi connectivity index (χ3n) is 1.56. The lowest BCUT2D eigenvalue weighted by atomic mass is 10.5. The number of carboxylic acid groups (broad SMARTS) is 1. The second-order valence-electron chi connectivity index (χ2n) is 2.76. The predicted octanol–water partition coefficient (Wildman–Crippen LogP) is 0.563. The molecule has 0 fully saturated rings. The van der Waals surface area contributed by atoms with E-state index in [2.05, 4.69) is 10.3 Å². The molecule has 0 aromatic carbocycles. The molecule has 1 aromatic heterocycles. The number of aromatic amines is 1. The van der Waals surface area contributed by atoms with Crippen LogP contribution in [0.5, 0.6) is 0 Å². The maximum absolute atomic E-state index is 11.3. The van der Waals surface area contributed by atoms with Crippen LogP contribution in [0.2, 0.25) is 0 Å². The molecule has 0 saturated heterocycles. The number of H-pyrrole nitrogens is 1. The third kappa shape index (κ3) is 2.81. The van der Waals surface area contributed by atoms with E-state index in [1.54, 1.807) is 18.3 Å². The van der Waals surface area contributed by atoms with Crippen molar-refractivity contribution in [3.05, 3.63) is 18.3 Å². The highest BCUT2D eigenvalue weighted by Gasteiger charge is 2.11. The first-order valence-electron chi connectivity index (χ1n) is 3.97. The first kappa shape index (κ1) is 10.1. The lowest BCUT2D eigenvalue weighted by Crippen LogP contribution is -2.35. The van der Waals surface area contributed by atoms with Crippen molar-refractivity contribution in [1.82, 2.24) is 9.88 Å². The zero-order valence-corrected chi connectivity index (χ0v) is 7.65. The number of nitrogens with zero attached hydrogens (tertiary/aromatic N) is 1. The number of anilines is 1. The number of hydrogen-bond donors (Lipinski definition) is 3. The average molecular weight is 197 g/mol. The van der Waals surface area contributed by atoms with Gasteiger partial charge in [0.2, 0.25) is 0 Å². The van der Waals surface area contributed by atoms with Gasteiger partial charge in [0.25, 0.3) is 0 Å². The topological polar surface area (TPSA) is 85.4 Å². The van der Waals surface area contributed by atoms with E-state index in [1.165, 1.54) is 7.05 Å². The molecule has 14 heavy (non-hydrogen) atoms. The van der Waals surface area contributed by atoms with Crippen LogP contribution >= 0.6 is 0 Å². The Balaban J connectivity index is 2.46. The second-order valence-corrected chi connectivity index (χ2v) is 2.76. The molecule has 0 radical (unpaired) electrons. The first-order valence-corrected chi connectivity index (χ1v) is 3.97. The van der Waals surface area contributed by atoms with Gasteiger partial charge in [0.15, 0.2) is 0 Å². The number of hydrogen-bond acceptors (Lipinski definition) is 2. The fourth-order valence-electron chi connectivity index (χ4n) is 0.893. The number of aromatic nitrogens is 1. The summed E-state index contributed by atoms with van der Waals surface area (Å²) in [5.41, 5.74) is 0. The number of carboxylic acids is 1. The molecule has 3 N–H and O–H groups in total. The summed E-state index contributed by atoms with van der Waals surface area (Å²) in [5.74, 6) is -0.513. The van der Waals surface area contributed by atoms with Crippen LogP contribution in [0.4, 0.5) is 10.6 Å². The van der Waals surface area contributed by atoms with Crippen LogP contribution in [0.15, 0.2) is 18.3 Å². The number of nitrogens with one attached hydrogen (secondary N) is 2. The minimum atomic E-state index is -1.05. The number of aliphatic carboxylic acids is 1. The Bertz CT molecular complexity index is 321. The van der Waals surface area contributed by atoms with Crippen LogP contribution in [-0.2, 0) is 4.79 Å². The molecule has 6 nitrogen and oxygen atoms in total. The molecule has 0 saturated carbocycles. The summed E-state index contributed by atoms with van der Waals surface area (Å²) < 4.78 is 0. The lowest BCUT2D eigenvalue weighted by Gasteiger charge is -2.14. The molecular formula is C8H11N3O3. The summed E-state index contributed by atoms with van der Waals surface area (Å²) in [7, 11) is 1.41. The maximum Gasteiger partial charge on any atom is 0.323 e. The van der Waals surface area contributed by atoms with Crippen LogP contribution in [0.3, 0.4) is 0 Å². The molecular weight excluding hydrogens is 186 g/mol. The van der Waals surface area contributed by atoms with E-state index in [4.69, 9.17) is 5.11 Å². The molecule has 1 aromatic rings. The summed E-state index contributed by atoms with van der Waals surface area (Å²) in [5, 5.41) is 10.9. The first-order chi connectivity index (χ1) is 6.59. The van der Waals surface area contributed by atoms with Crippen LogP contribution in [0.1, 0.15) is 0 Å². The van der Waals surface area contributed by atoms with Crippen LogP contribution in [0.25, 0.3) is 0 Å². The van der Waals surface area contributed by atoms with Gasteiger partial charge < -0.3 is 15.0 Å². The zero-order chi connectivity index (χ0) is 10.6. The molecule has 76 valence electrons. The lowest BCUT2D eigenvalue weighted by molar-refractivity contribution is -0.137. The largest absolute Gasteiger partial charge is 0.480 e. The van der Waals surface area contributed by atoms with E-state index >= 15 is 0 Å². The molecule has 2 amide bonds. The molecule has 1 rings (SSSR count). The smallest absolute Gasteiger partial charge is 0.323 e. The van der Waals surface area contributed by atoms with E-state index in [0.29, 0.717) is 5.82 Å². The van der Waals surface area contributed by atoms with Gasteiger partial charge in [0, 0.05) is 13.2 Å². The predicted molar refractivity (Wildman–Crippen MR) is 50.1 cm³/mol. The van der Waals surface area contributed by atoms with Gasteiger partial charge in [-0.2, -0.15) is 0 Å². The van der Waals surface area contributed by atoms with Crippen molar-refractivity contribution in [3.8, 4) is 0 Å². The van der Waals surface area contributed by atoms with Crippen molar-refractivity contribution in [3.63, 3.8) is 0 Å². The molecule has 6 heteroatoms. The fourth-order valence-corrected chi connectivity index (χ4v) is 0.893. The highest BCUT2D eigenvalue weighted by molar-refractivity contribution is 5.90. The van der Waals surface area contributed by atoms with Gasteiger partial charge in [-0.15, -0.1) is 0 Å². The van der Waals surface area contributed by atoms with Gasteiger partial charge in [0.05, 0.1) is 0 Å². The summed E-state index contributed by atoms with van der Waals surface area (Å²) in [6.45, 7) is -0.327. The highest BCUT2D eigenvalue weighted by Crippen LogP contribution is 2.01. The van der Waals surface area contributed by atoms with Gasteiger partial charge >= 0.3 is 12.0 Å². The molecule has 0 aliphatic rings. The van der Waals surface area contributed by atoms with Gasteiger partial charge in [-0.25, -0.2) is 4.79 Å². The van der Waals surface area contributed by atoms with Gasteiger partial charge in [-0.05, 0) is 12.1 Å². The Morgan fingerprint density at radius 1 is 1.64 bits per heavy atom. The number of carbonyl (C=O) groups is 2. The SMILES string of the molecule is CN(CC(=O)O)C(=O)Nc1ccc[nH]1. The number of carbonyl (C=O) groups excluding carboxylic acids is 1. The van der Waals surface area contributed by atoms with Gasteiger partial charge in [-0.1, -0.05) is 0 Å². The van der Waals surface area contributed by atoms with Crippen LogP contribution < -0.4 is 5.32 Å². The minimum Gasteiger partial charge on any atom is -0.480 e. The van der Waals surface area contributed by atoms with E-state index in [-0.39, 0.29) is 6.54 Å². The Hall–Kier alpha value is -1.98. The molecule has 0 unspecified atom stereocenters. The monoisotopic (exact) mass is 197 g/mol. The van der Waals surface area contributed by atoms with E-state index < -0.39 is 12.0 Å². The maximum atomic E-state index is 11.3. The molecule has 0 aliphatic carbocycles. The molecule has 1 heterocycles. The average Bonchev–Trinajstić information content (AvgIpc) is 2.55. The van der Waals surface area contributed by atoms with Crippen LogP contribution in [0, 0.1) is 0 Å². The van der Waals surface area contributed by atoms with Crippen molar-refractivity contribution >= 4 is 17.8 Å². The van der Waals surface area contributed by atoms with Crippen LogP contribution in [-0.4, -0.2) is 40.6 Å². The summed E-state index contributed by atoms with van der Waals surface area (Å²) in [4.78, 5) is 25.4. The van der Waals surface area contributed by atoms with Gasteiger partial charge in [-0.3, -0.25) is 10.1 Å². The van der Waals surface area contributed by atoms with Gasteiger partial charge in [0.1, 0.15) is 12.4 Å². The molecule has 0 spiro atoms. The third-order valence-corrected chi connectivity index (χ3v) is 1.56. The Kier molecular flexibility index (Phi) is 3.11. The van der Waals surface area contributed by atoms with Crippen molar-refractivity contribution in [2.75, 3.05) is 18.9 Å².